The molecule has 1 aromatic rings. The molecule has 0 saturated carbocycles. The van der Waals surface area contributed by atoms with Gasteiger partial charge in [-0.05, 0) is 19.3 Å². The quantitative estimate of drug-likeness (QED) is 0.714. The SMILES string of the molecule is CC(C)CC(C)(O)CNC(=O)c1nn(C)cc1N. The standard InChI is InChI=1S/C12H22N4O2/c1-8(2)5-12(3,18)7-14-11(17)10-9(13)6-16(4)15-10/h6,8,18H,5,7,13H2,1-4H3,(H,14,17). The van der Waals surface area contributed by atoms with Crippen LogP contribution in [0.5, 0.6) is 0 Å². The van der Waals surface area contributed by atoms with Gasteiger partial charge in [0.25, 0.3) is 5.91 Å². The van der Waals surface area contributed by atoms with Gasteiger partial charge in [0, 0.05) is 19.8 Å². The van der Waals surface area contributed by atoms with Crippen molar-refractivity contribution in [1.29, 1.82) is 0 Å². The van der Waals surface area contributed by atoms with E-state index in [1.807, 2.05) is 13.8 Å². The maximum Gasteiger partial charge on any atom is 0.274 e. The van der Waals surface area contributed by atoms with Crippen molar-refractivity contribution in [3.05, 3.63) is 11.9 Å². The number of nitrogens with two attached hydrogens (primary N) is 1. The number of rotatable bonds is 5. The lowest BCUT2D eigenvalue weighted by molar-refractivity contribution is 0.0367. The van der Waals surface area contributed by atoms with E-state index >= 15 is 0 Å². The van der Waals surface area contributed by atoms with Gasteiger partial charge < -0.3 is 16.2 Å². The Bertz CT molecular complexity index is 424. The van der Waals surface area contributed by atoms with Gasteiger partial charge in [0.1, 0.15) is 0 Å². The smallest absolute Gasteiger partial charge is 0.274 e. The van der Waals surface area contributed by atoms with Gasteiger partial charge in [-0.2, -0.15) is 5.10 Å². The zero-order chi connectivity index (χ0) is 13.9. The van der Waals surface area contributed by atoms with Gasteiger partial charge in [0.05, 0.1) is 11.3 Å². The number of aromatic nitrogens is 2. The van der Waals surface area contributed by atoms with Crippen molar-refractivity contribution in [2.75, 3.05) is 12.3 Å². The van der Waals surface area contributed by atoms with Crippen LogP contribution in [0.25, 0.3) is 0 Å². The summed E-state index contributed by atoms with van der Waals surface area (Å²) in [6, 6.07) is 0. The molecule has 1 aromatic heterocycles. The summed E-state index contributed by atoms with van der Waals surface area (Å²) in [6.07, 6.45) is 2.19. The van der Waals surface area contributed by atoms with Gasteiger partial charge in [-0.25, -0.2) is 0 Å². The molecular weight excluding hydrogens is 232 g/mol. The van der Waals surface area contributed by atoms with Crippen LogP contribution in [0.15, 0.2) is 6.20 Å². The van der Waals surface area contributed by atoms with Gasteiger partial charge in [0.15, 0.2) is 5.69 Å². The number of aryl methyl sites for hydroxylation is 1. The summed E-state index contributed by atoms with van der Waals surface area (Å²) in [5.41, 5.74) is 5.26. The fourth-order valence-corrected chi connectivity index (χ4v) is 1.99. The molecule has 4 N–H and O–H groups in total. The number of anilines is 1. The molecule has 6 heteroatoms. The molecule has 6 nitrogen and oxygen atoms in total. The molecule has 102 valence electrons. The van der Waals surface area contributed by atoms with Gasteiger partial charge in [-0.15, -0.1) is 0 Å². The number of nitrogen functional groups attached to an aromatic ring is 1. The molecule has 0 saturated heterocycles. The molecule has 1 rings (SSSR count). The topological polar surface area (TPSA) is 93.2 Å². The second-order valence-electron chi connectivity index (χ2n) is 5.38. The summed E-state index contributed by atoms with van der Waals surface area (Å²) in [5, 5.41) is 16.7. The van der Waals surface area contributed by atoms with Crippen molar-refractivity contribution in [1.82, 2.24) is 15.1 Å². The number of carbonyl (C=O) groups excluding carboxylic acids is 1. The fourth-order valence-electron chi connectivity index (χ4n) is 1.99. The van der Waals surface area contributed by atoms with Crippen LogP contribution in [0.4, 0.5) is 5.69 Å². The maximum absolute atomic E-state index is 11.8. The van der Waals surface area contributed by atoms with Crippen molar-refractivity contribution in [3.8, 4) is 0 Å². The van der Waals surface area contributed by atoms with E-state index in [4.69, 9.17) is 5.73 Å². The van der Waals surface area contributed by atoms with Crippen molar-refractivity contribution < 1.29 is 9.90 Å². The highest BCUT2D eigenvalue weighted by atomic mass is 16.3. The first-order chi connectivity index (χ1) is 8.21. The highest BCUT2D eigenvalue weighted by molar-refractivity contribution is 5.97. The average Bonchev–Trinajstić information content (AvgIpc) is 2.52. The molecule has 18 heavy (non-hydrogen) atoms. The normalized spacial score (nSPS) is 14.6. The van der Waals surface area contributed by atoms with Crippen LogP contribution in [0.2, 0.25) is 0 Å². The molecule has 1 atom stereocenters. The highest BCUT2D eigenvalue weighted by Gasteiger charge is 2.24. The van der Waals surface area contributed by atoms with Gasteiger partial charge >= 0.3 is 0 Å². The molecule has 0 radical (unpaired) electrons. The first kappa shape index (κ1) is 14.5. The summed E-state index contributed by atoms with van der Waals surface area (Å²) < 4.78 is 1.48. The zero-order valence-electron chi connectivity index (χ0n) is 11.4. The van der Waals surface area contributed by atoms with Gasteiger partial charge in [0.2, 0.25) is 0 Å². The van der Waals surface area contributed by atoms with E-state index in [0.717, 1.165) is 0 Å². The average molecular weight is 254 g/mol. The van der Waals surface area contributed by atoms with Crippen molar-refractivity contribution in [3.63, 3.8) is 0 Å². The summed E-state index contributed by atoms with van der Waals surface area (Å²) in [6.45, 7) is 5.93. The van der Waals surface area contributed by atoms with E-state index in [1.54, 1.807) is 20.2 Å². The third-order valence-electron chi connectivity index (χ3n) is 2.55. The molecule has 0 aliphatic heterocycles. The fraction of sp³-hybridized carbons (Fsp3) is 0.667. The Hall–Kier alpha value is -1.56. The third kappa shape index (κ3) is 4.03. The molecule has 0 bridgehead atoms. The molecule has 0 aliphatic rings. The molecular formula is C12H22N4O2. The molecule has 1 unspecified atom stereocenters. The second kappa shape index (κ2) is 5.39. The highest BCUT2D eigenvalue weighted by Crippen LogP contribution is 2.15. The summed E-state index contributed by atoms with van der Waals surface area (Å²) in [7, 11) is 1.70. The van der Waals surface area contributed by atoms with Crippen LogP contribution in [0.1, 0.15) is 37.7 Å². The Kier molecular flexibility index (Phi) is 4.34. The lowest BCUT2D eigenvalue weighted by Crippen LogP contribution is -2.41. The number of hydrogen-bond acceptors (Lipinski definition) is 4. The molecule has 0 aromatic carbocycles. The largest absolute Gasteiger partial charge is 0.396 e. The molecule has 1 amide bonds. The predicted molar refractivity (Wildman–Crippen MR) is 70.0 cm³/mol. The number of nitrogens with one attached hydrogen (secondary N) is 1. The minimum absolute atomic E-state index is 0.181. The second-order valence-corrected chi connectivity index (χ2v) is 5.38. The monoisotopic (exact) mass is 254 g/mol. The molecule has 0 fully saturated rings. The van der Waals surface area contributed by atoms with E-state index in [1.165, 1.54) is 4.68 Å². The molecule has 0 aliphatic carbocycles. The number of nitrogens with zero attached hydrogens (tertiary/aromatic N) is 2. The first-order valence-corrected chi connectivity index (χ1v) is 6.01. The number of amides is 1. The van der Waals surface area contributed by atoms with Crippen molar-refractivity contribution >= 4 is 11.6 Å². The third-order valence-corrected chi connectivity index (χ3v) is 2.55. The van der Waals surface area contributed by atoms with Crippen molar-refractivity contribution in [2.24, 2.45) is 13.0 Å². The van der Waals surface area contributed by atoms with E-state index in [2.05, 4.69) is 10.4 Å². The van der Waals surface area contributed by atoms with E-state index in [-0.39, 0.29) is 18.1 Å². The van der Waals surface area contributed by atoms with E-state index in [0.29, 0.717) is 18.0 Å². The Balaban J connectivity index is 2.59. The van der Waals surface area contributed by atoms with E-state index in [9.17, 15) is 9.90 Å². The zero-order valence-corrected chi connectivity index (χ0v) is 11.4. The number of carbonyl (C=O) groups is 1. The Morgan fingerprint density at radius 3 is 2.72 bits per heavy atom. The molecule has 0 spiro atoms. The summed E-state index contributed by atoms with van der Waals surface area (Å²) in [5.74, 6) is -0.00560. The number of aliphatic hydroxyl groups is 1. The van der Waals surface area contributed by atoms with Gasteiger partial charge in [-0.1, -0.05) is 13.8 Å². The Morgan fingerprint density at radius 2 is 2.28 bits per heavy atom. The van der Waals surface area contributed by atoms with Crippen LogP contribution in [0, 0.1) is 5.92 Å². The lowest BCUT2D eigenvalue weighted by Gasteiger charge is -2.25. The van der Waals surface area contributed by atoms with Crippen LogP contribution in [-0.4, -0.2) is 32.9 Å². The van der Waals surface area contributed by atoms with E-state index < -0.39 is 5.60 Å². The van der Waals surface area contributed by atoms with Crippen LogP contribution in [-0.2, 0) is 7.05 Å². The summed E-state index contributed by atoms with van der Waals surface area (Å²) in [4.78, 5) is 11.8. The van der Waals surface area contributed by atoms with Crippen molar-refractivity contribution in [2.45, 2.75) is 32.8 Å². The number of hydrogen-bond donors (Lipinski definition) is 3. The van der Waals surface area contributed by atoms with Gasteiger partial charge in [-0.3, -0.25) is 9.48 Å². The van der Waals surface area contributed by atoms with Crippen LogP contribution in [0.3, 0.4) is 0 Å². The predicted octanol–water partition coefficient (Wildman–Crippen LogP) is 0.529. The minimum Gasteiger partial charge on any atom is -0.396 e. The lowest BCUT2D eigenvalue weighted by atomic mass is 9.94. The Morgan fingerprint density at radius 1 is 1.67 bits per heavy atom. The summed E-state index contributed by atoms with van der Waals surface area (Å²) >= 11 is 0. The van der Waals surface area contributed by atoms with Crippen LogP contribution >= 0.6 is 0 Å². The molecule has 1 heterocycles. The minimum atomic E-state index is -0.923. The first-order valence-electron chi connectivity index (χ1n) is 6.01. The van der Waals surface area contributed by atoms with Crippen LogP contribution < -0.4 is 11.1 Å². The Labute approximate surface area is 107 Å². The maximum atomic E-state index is 11.8.